The highest BCUT2D eigenvalue weighted by molar-refractivity contribution is 5.46. The number of hydrogen-bond acceptors (Lipinski definition) is 3. The fourth-order valence-electron chi connectivity index (χ4n) is 2.36. The quantitative estimate of drug-likeness (QED) is 0.843. The largest absolute Gasteiger partial charge is 0.497 e. The number of nitrogens with one attached hydrogen (secondary N) is 1. The van der Waals surface area contributed by atoms with Gasteiger partial charge in [0, 0.05) is 12.2 Å². The van der Waals surface area contributed by atoms with E-state index in [0.717, 1.165) is 37.1 Å². The van der Waals surface area contributed by atoms with Crippen molar-refractivity contribution in [3.8, 4) is 5.75 Å². The molecule has 1 aliphatic carbocycles. The summed E-state index contributed by atoms with van der Waals surface area (Å²) in [6.45, 7) is 0.638. The van der Waals surface area contributed by atoms with Crippen molar-refractivity contribution in [3.05, 3.63) is 24.3 Å². The molecule has 3 nitrogen and oxygen atoms in total. The molecule has 1 aliphatic rings. The highest BCUT2D eigenvalue weighted by atomic mass is 16.5. The molecular weight excluding hydrogens is 214 g/mol. The minimum absolute atomic E-state index is 0.516. The predicted molar refractivity (Wildman–Crippen MR) is 69.5 cm³/mol. The molecule has 0 aliphatic heterocycles. The first-order chi connectivity index (χ1) is 8.22. The van der Waals surface area contributed by atoms with Crippen LogP contribution in [0, 0.1) is 0 Å². The van der Waals surface area contributed by atoms with Crippen molar-refractivity contribution in [3.63, 3.8) is 0 Å². The molecule has 1 aromatic carbocycles. The van der Waals surface area contributed by atoms with E-state index in [1.54, 1.807) is 7.11 Å². The molecule has 3 heteroatoms. The van der Waals surface area contributed by atoms with Gasteiger partial charge in [-0.15, -0.1) is 0 Å². The lowest BCUT2D eigenvalue weighted by molar-refractivity contribution is 0.0167. The van der Waals surface area contributed by atoms with Crippen LogP contribution in [0.1, 0.15) is 32.1 Å². The van der Waals surface area contributed by atoms with Crippen LogP contribution in [-0.2, 0) is 0 Å². The van der Waals surface area contributed by atoms with E-state index in [2.05, 4.69) is 5.32 Å². The van der Waals surface area contributed by atoms with E-state index >= 15 is 0 Å². The topological polar surface area (TPSA) is 41.5 Å². The summed E-state index contributed by atoms with van der Waals surface area (Å²) >= 11 is 0. The van der Waals surface area contributed by atoms with Crippen molar-refractivity contribution < 1.29 is 9.84 Å². The predicted octanol–water partition coefficient (Wildman–Crippen LogP) is 2.80. The number of aliphatic hydroxyl groups is 1. The Kier molecular flexibility index (Phi) is 3.89. The van der Waals surface area contributed by atoms with Crippen LogP contribution in [-0.4, -0.2) is 24.4 Å². The van der Waals surface area contributed by atoms with Gasteiger partial charge >= 0.3 is 0 Å². The van der Waals surface area contributed by atoms with Crippen LogP contribution in [0.2, 0.25) is 0 Å². The third kappa shape index (κ3) is 3.37. The molecule has 0 aromatic heterocycles. The van der Waals surface area contributed by atoms with Gasteiger partial charge in [-0.1, -0.05) is 19.3 Å². The van der Waals surface area contributed by atoms with E-state index in [0.29, 0.717) is 6.54 Å². The fraction of sp³-hybridized carbons (Fsp3) is 0.571. The Bertz CT molecular complexity index is 342. The molecule has 0 bridgehead atoms. The third-order valence-electron chi connectivity index (χ3n) is 3.50. The Hall–Kier alpha value is -1.22. The standard InChI is InChI=1S/C14H21NO2/c1-17-13-7-5-12(6-8-13)15-11-14(16)9-3-2-4-10-14/h5-8,15-16H,2-4,9-11H2,1H3. The lowest BCUT2D eigenvalue weighted by atomic mass is 9.85. The van der Waals surface area contributed by atoms with Gasteiger partial charge < -0.3 is 15.2 Å². The Labute approximate surface area is 103 Å². The van der Waals surface area contributed by atoms with E-state index in [1.807, 2.05) is 24.3 Å². The van der Waals surface area contributed by atoms with E-state index in [4.69, 9.17) is 4.74 Å². The van der Waals surface area contributed by atoms with Gasteiger partial charge in [0.1, 0.15) is 5.75 Å². The van der Waals surface area contributed by atoms with Crippen molar-refractivity contribution in [2.75, 3.05) is 19.0 Å². The maximum absolute atomic E-state index is 10.3. The van der Waals surface area contributed by atoms with E-state index in [-0.39, 0.29) is 0 Å². The summed E-state index contributed by atoms with van der Waals surface area (Å²) in [7, 11) is 1.66. The number of anilines is 1. The first-order valence-electron chi connectivity index (χ1n) is 6.32. The van der Waals surface area contributed by atoms with Gasteiger partial charge in [-0.25, -0.2) is 0 Å². The Morgan fingerprint density at radius 1 is 1.18 bits per heavy atom. The normalized spacial score (nSPS) is 18.7. The second kappa shape index (κ2) is 5.41. The molecule has 1 fully saturated rings. The summed E-state index contributed by atoms with van der Waals surface area (Å²) < 4.78 is 5.11. The van der Waals surface area contributed by atoms with Crippen LogP contribution in [0.3, 0.4) is 0 Å². The average Bonchev–Trinajstić information content (AvgIpc) is 2.38. The van der Waals surface area contributed by atoms with Crippen molar-refractivity contribution in [2.24, 2.45) is 0 Å². The summed E-state index contributed by atoms with van der Waals surface area (Å²) in [4.78, 5) is 0. The van der Waals surface area contributed by atoms with Crippen molar-refractivity contribution in [1.29, 1.82) is 0 Å². The monoisotopic (exact) mass is 235 g/mol. The number of benzene rings is 1. The SMILES string of the molecule is COc1ccc(NCC2(O)CCCCC2)cc1. The van der Waals surface area contributed by atoms with Crippen LogP contribution in [0.4, 0.5) is 5.69 Å². The molecule has 17 heavy (non-hydrogen) atoms. The molecule has 94 valence electrons. The zero-order valence-corrected chi connectivity index (χ0v) is 10.4. The molecule has 2 N–H and O–H groups in total. The van der Waals surface area contributed by atoms with Crippen LogP contribution in [0.25, 0.3) is 0 Å². The van der Waals surface area contributed by atoms with Crippen molar-refractivity contribution in [1.82, 2.24) is 0 Å². The van der Waals surface area contributed by atoms with Crippen LogP contribution in [0.5, 0.6) is 5.75 Å². The lowest BCUT2D eigenvalue weighted by Gasteiger charge is -2.32. The maximum atomic E-state index is 10.3. The molecule has 0 heterocycles. The number of hydrogen-bond donors (Lipinski definition) is 2. The fourth-order valence-corrected chi connectivity index (χ4v) is 2.36. The minimum atomic E-state index is -0.516. The Morgan fingerprint density at radius 3 is 2.41 bits per heavy atom. The molecule has 0 saturated heterocycles. The van der Waals surface area contributed by atoms with Crippen LogP contribution in [0.15, 0.2) is 24.3 Å². The Balaban J connectivity index is 1.87. The summed E-state index contributed by atoms with van der Waals surface area (Å²) in [5, 5.41) is 13.6. The zero-order chi connectivity index (χ0) is 12.1. The van der Waals surface area contributed by atoms with E-state index in [1.165, 1.54) is 6.42 Å². The molecule has 0 spiro atoms. The summed E-state index contributed by atoms with van der Waals surface area (Å²) in [5.74, 6) is 0.854. The second-order valence-electron chi connectivity index (χ2n) is 4.87. The van der Waals surface area contributed by atoms with Crippen molar-refractivity contribution >= 4 is 5.69 Å². The molecule has 1 aromatic rings. The van der Waals surface area contributed by atoms with Gasteiger partial charge in [0.15, 0.2) is 0 Å². The van der Waals surface area contributed by atoms with Gasteiger partial charge in [-0.3, -0.25) is 0 Å². The second-order valence-corrected chi connectivity index (χ2v) is 4.87. The van der Waals surface area contributed by atoms with Gasteiger partial charge in [-0.05, 0) is 37.1 Å². The van der Waals surface area contributed by atoms with Crippen LogP contribution >= 0.6 is 0 Å². The zero-order valence-electron chi connectivity index (χ0n) is 10.4. The summed E-state index contributed by atoms with van der Waals surface area (Å²) in [5.41, 5.74) is 0.517. The Morgan fingerprint density at radius 2 is 1.82 bits per heavy atom. The minimum Gasteiger partial charge on any atom is -0.497 e. The number of rotatable bonds is 4. The van der Waals surface area contributed by atoms with E-state index < -0.39 is 5.60 Å². The number of methoxy groups -OCH3 is 1. The average molecular weight is 235 g/mol. The van der Waals surface area contributed by atoms with Gasteiger partial charge in [0.2, 0.25) is 0 Å². The van der Waals surface area contributed by atoms with E-state index in [9.17, 15) is 5.11 Å². The summed E-state index contributed by atoms with van der Waals surface area (Å²) in [6.07, 6.45) is 5.36. The third-order valence-corrected chi connectivity index (χ3v) is 3.50. The molecule has 1 saturated carbocycles. The van der Waals surface area contributed by atoms with Gasteiger partial charge in [0.25, 0.3) is 0 Å². The molecule has 0 amide bonds. The smallest absolute Gasteiger partial charge is 0.119 e. The molecule has 2 rings (SSSR count). The molecule has 0 unspecified atom stereocenters. The van der Waals surface area contributed by atoms with Gasteiger partial charge in [-0.2, -0.15) is 0 Å². The molecule has 0 atom stereocenters. The van der Waals surface area contributed by atoms with Crippen molar-refractivity contribution in [2.45, 2.75) is 37.7 Å². The highest BCUT2D eigenvalue weighted by Gasteiger charge is 2.28. The number of ether oxygens (including phenoxy) is 1. The molecule has 0 radical (unpaired) electrons. The van der Waals surface area contributed by atoms with Crippen LogP contribution < -0.4 is 10.1 Å². The maximum Gasteiger partial charge on any atom is 0.119 e. The van der Waals surface area contributed by atoms with Gasteiger partial charge in [0.05, 0.1) is 12.7 Å². The molecular formula is C14H21NO2. The lowest BCUT2D eigenvalue weighted by Crippen LogP contribution is -2.38. The summed E-state index contributed by atoms with van der Waals surface area (Å²) in [6, 6.07) is 7.80. The first kappa shape index (κ1) is 12.2. The highest BCUT2D eigenvalue weighted by Crippen LogP contribution is 2.28. The first-order valence-corrected chi connectivity index (χ1v) is 6.32.